The van der Waals surface area contributed by atoms with Crippen LogP contribution in [0.3, 0.4) is 0 Å². The molecule has 2 N–H and O–H groups in total. The summed E-state index contributed by atoms with van der Waals surface area (Å²) < 4.78 is 30.4. The van der Waals surface area contributed by atoms with Crippen molar-refractivity contribution in [1.29, 1.82) is 0 Å². The van der Waals surface area contributed by atoms with E-state index in [4.69, 9.17) is 4.55 Å². The molecule has 2 atom stereocenters. The molecule has 0 saturated heterocycles. The van der Waals surface area contributed by atoms with E-state index >= 15 is 0 Å². The van der Waals surface area contributed by atoms with Crippen LogP contribution in [-0.4, -0.2) is 29.4 Å². The van der Waals surface area contributed by atoms with Crippen molar-refractivity contribution in [3.8, 4) is 0 Å². The summed E-state index contributed by atoms with van der Waals surface area (Å²) in [6.45, 7) is 3.56. The van der Waals surface area contributed by atoms with E-state index in [0.29, 0.717) is 6.42 Å². The van der Waals surface area contributed by atoms with Crippen LogP contribution in [0.5, 0.6) is 0 Å². The lowest BCUT2D eigenvalue weighted by molar-refractivity contribution is 0.156. The first-order chi connectivity index (χ1) is 9.38. The van der Waals surface area contributed by atoms with Gasteiger partial charge in [-0.05, 0) is 26.2 Å². The van der Waals surface area contributed by atoms with Crippen LogP contribution in [0.25, 0.3) is 0 Å². The van der Waals surface area contributed by atoms with Gasteiger partial charge in [-0.25, -0.2) is 0 Å². The van der Waals surface area contributed by atoms with Crippen molar-refractivity contribution in [2.24, 2.45) is 0 Å². The molecule has 0 spiro atoms. The van der Waals surface area contributed by atoms with Crippen molar-refractivity contribution in [2.75, 3.05) is 0 Å². The molecule has 0 aromatic heterocycles. The highest BCUT2D eigenvalue weighted by Crippen LogP contribution is 2.14. The van der Waals surface area contributed by atoms with Crippen molar-refractivity contribution in [3.63, 3.8) is 0 Å². The second kappa shape index (κ2) is 11.5. The molecule has 0 fully saturated rings. The molecule has 4 nitrogen and oxygen atoms in total. The molecule has 0 rings (SSSR count). The Hall–Kier alpha value is -0.130. The van der Waals surface area contributed by atoms with Gasteiger partial charge in [0.25, 0.3) is 10.1 Å². The second-order valence-corrected chi connectivity index (χ2v) is 7.63. The minimum atomic E-state index is -3.84. The van der Waals surface area contributed by atoms with Gasteiger partial charge in [0.1, 0.15) is 0 Å². The maximum atomic E-state index is 10.8. The van der Waals surface area contributed by atoms with E-state index in [-0.39, 0.29) is 6.10 Å². The van der Waals surface area contributed by atoms with Crippen LogP contribution in [0.4, 0.5) is 0 Å². The van der Waals surface area contributed by atoms with Gasteiger partial charge in [-0.15, -0.1) is 0 Å². The Labute approximate surface area is 124 Å². The predicted molar refractivity (Wildman–Crippen MR) is 83.5 cm³/mol. The Balaban J connectivity index is 3.25. The average molecular weight is 308 g/mol. The zero-order chi connectivity index (χ0) is 15.4. The SMILES string of the molecule is CCC(O)CCCCCCCCCCC(C)S(=O)(=O)O. The summed E-state index contributed by atoms with van der Waals surface area (Å²) in [4.78, 5) is 0. The van der Waals surface area contributed by atoms with E-state index in [1.807, 2.05) is 6.92 Å². The van der Waals surface area contributed by atoms with E-state index < -0.39 is 15.4 Å². The first-order valence-electron chi connectivity index (χ1n) is 8.02. The van der Waals surface area contributed by atoms with Crippen molar-refractivity contribution >= 4 is 10.1 Å². The maximum Gasteiger partial charge on any atom is 0.267 e. The van der Waals surface area contributed by atoms with Crippen LogP contribution in [0.1, 0.15) is 84.5 Å². The minimum absolute atomic E-state index is 0.125. The average Bonchev–Trinajstić information content (AvgIpc) is 2.39. The lowest BCUT2D eigenvalue weighted by atomic mass is 10.0. The summed E-state index contributed by atoms with van der Waals surface area (Å²) >= 11 is 0. The molecule has 0 saturated carbocycles. The standard InChI is InChI=1S/C15H32O4S/c1-3-15(16)13-11-9-7-5-4-6-8-10-12-14(2)20(17,18)19/h14-16H,3-13H2,1-2H3,(H,17,18,19). The topological polar surface area (TPSA) is 74.6 Å². The molecular formula is C15H32O4S. The van der Waals surface area contributed by atoms with Crippen LogP contribution in [0.15, 0.2) is 0 Å². The lowest BCUT2D eigenvalue weighted by Crippen LogP contribution is -2.16. The third kappa shape index (κ3) is 11.7. The van der Waals surface area contributed by atoms with E-state index in [0.717, 1.165) is 38.5 Å². The normalized spacial score (nSPS) is 15.2. The van der Waals surface area contributed by atoms with Crippen molar-refractivity contribution in [3.05, 3.63) is 0 Å². The fraction of sp³-hybridized carbons (Fsp3) is 1.00. The zero-order valence-electron chi connectivity index (χ0n) is 13.1. The van der Waals surface area contributed by atoms with Gasteiger partial charge in [-0.2, -0.15) is 8.42 Å². The summed E-state index contributed by atoms with van der Waals surface area (Å²) in [6.07, 6.45) is 11.2. The van der Waals surface area contributed by atoms with Gasteiger partial charge in [-0.3, -0.25) is 4.55 Å². The monoisotopic (exact) mass is 308 g/mol. The van der Waals surface area contributed by atoms with Gasteiger partial charge in [0.15, 0.2) is 0 Å². The molecule has 0 aromatic carbocycles. The minimum Gasteiger partial charge on any atom is -0.393 e. The van der Waals surface area contributed by atoms with Crippen LogP contribution < -0.4 is 0 Å². The highest BCUT2D eigenvalue weighted by molar-refractivity contribution is 7.86. The highest BCUT2D eigenvalue weighted by Gasteiger charge is 2.15. The molecule has 2 unspecified atom stereocenters. The van der Waals surface area contributed by atoms with E-state index in [1.54, 1.807) is 6.92 Å². The van der Waals surface area contributed by atoms with E-state index in [1.165, 1.54) is 25.7 Å². The summed E-state index contributed by atoms with van der Waals surface area (Å²) in [5, 5.41) is 8.77. The van der Waals surface area contributed by atoms with Crippen LogP contribution in [-0.2, 0) is 10.1 Å². The molecular weight excluding hydrogens is 276 g/mol. The van der Waals surface area contributed by atoms with Crippen LogP contribution in [0, 0.1) is 0 Å². The van der Waals surface area contributed by atoms with E-state index in [9.17, 15) is 13.5 Å². The number of aliphatic hydroxyl groups is 1. The Morgan fingerprint density at radius 1 is 0.850 bits per heavy atom. The predicted octanol–water partition coefficient (Wildman–Crippen LogP) is 3.93. The fourth-order valence-corrected chi connectivity index (χ4v) is 2.69. The molecule has 122 valence electrons. The number of unbranched alkanes of at least 4 members (excludes halogenated alkanes) is 7. The molecule has 0 aliphatic heterocycles. The largest absolute Gasteiger partial charge is 0.393 e. The van der Waals surface area contributed by atoms with Crippen molar-refractivity contribution < 1.29 is 18.1 Å². The number of hydrogen-bond acceptors (Lipinski definition) is 3. The van der Waals surface area contributed by atoms with Gasteiger partial charge < -0.3 is 5.11 Å². The molecule has 0 amide bonds. The summed E-state index contributed by atoms with van der Waals surface area (Å²) in [5.74, 6) is 0. The Bertz CT molecular complexity index is 314. The second-order valence-electron chi connectivity index (χ2n) is 5.79. The van der Waals surface area contributed by atoms with E-state index in [2.05, 4.69) is 0 Å². The molecule has 0 bridgehead atoms. The molecule has 5 heteroatoms. The number of rotatable bonds is 13. The molecule has 0 aromatic rings. The van der Waals surface area contributed by atoms with Gasteiger partial charge in [0.2, 0.25) is 0 Å². The van der Waals surface area contributed by atoms with Gasteiger partial charge in [0, 0.05) is 0 Å². The Kier molecular flexibility index (Phi) is 11.4. The number of aliphatic hydroxyl groups excluding tert-OH is 1. The van der Waals surface area contributed by atoms with Crippen molar-refractivity contribution in [1.82, 2.24) is 0 Å². The van der Waals surface area contributed by atoms with Crippen molar-refractivity contribution in [2.45, 2.75) is 95.8 Å². The molecule has 0 aliphatic rings. The third-order valence-corrected chi connectivity index (χ3v) is 5.13. The van der Waals surface area contributed by atoms with Gasteiger partial charge in [0.05, 0.1) is 11.4 Å². The summed E-state index contributed by atoms with van der Waals surface area (Å²) in [6, 6.07) is 0. The fourth-order valence-electron chi connectivity index (χ4n) is 2.23. The smallest absolute Gasteiger partial charge is 0.267 e. The Morgan fingerprint density at radius 2 is 1.25 bits per heavy atom. The van der Waals surface area contributed by atoms with Crippen LogP contribution >= 0.6 is 0 Å². The molecule has 20 heavy (non-hydrogen) atoms. The maximum absolute atomic E-state index is 10.8. The molecule has 0 heterocycles. The molecule has 0 aliphatic carbocycles. The molecule has 0 radical (unpaired) electrons. The first kappa shape index (κ1) is 19.9. The van der Waals surface area contributed by atoms with Crippen LogP contribution in [0.2, 0.25) is 0 Å². The lowest BCUT2D eigenvalue weighted by Gasteiger charge is -2.08. The van der Waals surface area contributed by atoms with Gasteiger partial charge in [-0.1, -0.05) is 58.3 Å². The first-order valence-corrected chi connectivity index (χ1v) is 9.52. The highest BCUT2D eigenvalue weighted by atomic mass is 32.2. The Morgan fingerprint density at radius 3 is 1.65 bits per heavy atom. The summed E-state index contributed by atoms with van der Waals surface area (Å²) in [5.41, 5.74) is 0. The zero-order valence-corrected chi connectivity index (χ0v) is 13.9. The quantitative estimate of drug-likeness (QED) is 0.399. The third-order valence-electron chi connectivity index (χ3n) is 3.88. The number of hydrogen-bond donors (Lipinski definition) is 2. The summed E-state index contributed by atoms with van der Waals surface area (Å²) in [7, 11) is -3.84. The van der Waals surface area contributed by atoms with Gasteiger partial charge >= 0.3 is 0 Å².